The van der Waals surface area contributed by atoms with Crippen molar-refractivity contribution in [2.45, 2.75) is 31.3 Å². The average Bonchev–Trinajstić information content (AvgIpc) is 2.75. The summed E-state index contributed by atoms with van der Waals surface area (Å²) in [6.45, 7) is 0. The molecule has 2 aliphatic rings. The Hall–Kier alpha value is -1.80. The van der Waals surface area contributed by atoms with Crippen LogP contribution in [0.2, 0.25) is 0 Å². The summed E-state index contributed by atoms with van der Waals surface area (Å²) in [5.41, 5.74) is 2.90. The predicted octanol–water partition coefficient (Wildman–Crippen LogP) is 4.10. The maximum absolute atomic E-state index is 5.51. The molecule has 2 heterocycles. The van der Waals surface area contributed by atoms with Crippen LogP contribution >= 0.6 is 0 Å². The summed E-state index contributed by atoms with van der Waals surface area (Å²) in [7, 11) is 4.01. The van der Waals surface area contributed by atoms with Crippen LogP contribution in [0.25, 0.3) is 16.3 Å². The number of ether oxygens (including phenoxy) is 1. The van der Waals surface area contributed by atoms with Gasteiger partial charge < -0.3 is 4.74 Å². The minimum Gasteiger partial charge on any atom is -0.496 e. The minimum atomic E-state index is 0.625. The van der Waals surface area contributed by atoms with Crippen molar-refractivity contribution in [1.29, 1.82) is 0 Å². The van der Waals surface area contributed by atoms with E-state index in [2.05, 4.69) is 54.4 Å². The molecular formula is C19H21NO. The van der Waals surface area contributed by atoms with Crippen molar-refractivity contribution in [3.8, 4) is 5.75 Å². The molecule has 2 bridgehead atoms. The lowest BCUT2D eigenvalue weighted by Crippen LogP contribution is -2.34. The topological polar surface area (TPSA) is 12.5 Å². The van der Waals surface area contributed by atoms with E-state index in [4.69, 9.17) is 4.74 Å². The van der Waals surface area contributed by atoms with Gasteiger partial charge in [0.15, 0.2) is 0 Å². The monoisotopic (exact) mass is 279 g/mol. The third-order valence-electron chi connectivity index (χ3n) is 5.19. The molecule has 1 fully saturated rings. The van der Waals surface area contributed by atoms with Crippen molar-refractivity contribution >= 4 is 16.3 Å². The van der Waals surface area contributed by atoms with Crippen molar-refractivity contribution in [2.24, 2.45) is 0 Å². The van der Waals surface area contributed by atoms with Crippen LogP contribution < -0.4 is 4.74 Å². The van der Waals surface area contributed by atoms with E-state index in [1.165, 1.54) is 41.2 Å². The first-order valence-corrected chi connectivity index (χ1v) is 7.76. The number of methoxy groups -OCH3 is 1. The first-order chi connectivity index (χ1) is 10.3. The molecule has 0 aliphatic carbocycles. The molecule has 2 aromatic rings. The van der Waals surface area contributed by atoms with E-state index in [1.54, 1.807) is 7.11 Å². The van der Waals surface area contributed by atoms with Crippen LogP contribution in [0.1, 0.15) is 24.8 Å². The van der Waals surface area contributed by atoms with E-state index in [-0.39, 0.29) is 0 Å². The molecule has 2 atom stereocenters. The third kappa shape index (κ3) is 1.97. The maximum Gasteiger partial charge on any atom is 0.126 e. The smallest absolute Gasteiger partial charge is 0.126 e. The summed E-state index contributed by atoms with van der Waals surface area (Å²) in [6.07, 6.45) is 6.29. The van der Waals surface area contributed by atoms with Crippen molar-refractivity contribution in [1.82, 2.24) is 4.90 Å². The van der Waals surface area contributed by atoms with Crippen molar-refractivity contribution in [2.75, 3.05) is 14.2 Å². The van der Waals surface area contributed by atoms with Gasteiger partial charge in [0.05, 0.1) is 7.11 Å². The van der Waals surface area contributed by atoms with Crippen LogP contribution in [0.5, 0.6) is 5.75 Å². The number of hydrogen-bond acceptors (Lipinski definition) is 2. The standard InChI is InChI=1S/C19H21NO/c1-20-14-7-8-15(20)12-13(11-14)16-9-10-19(21-2)18-6-4-3-5-17(16)18/h3-6,9-11,14-15H,7-8,12H2,1-2H3. The Kier molecular flexibility index (Phi) is 3.00. The van der Waals surface area contributed by atoms with Gasteiger partial charge in [-0.15, -0.1) is 0 Å². The zero-order valence-corrected chi connectivity index (χ0v) is 12.7. The molecule has 0 spiro atoms. The molecule has 1 saturated heterocycles. The SMILES string of the molecule is COc1ccc(C2=CC3CCC(C2)N3C)c2ccccc12. The van der Waals surface area contributed by atoms with Crippen molar-refractivity contribution in [3.05, 3.63) is 48.0 Å². The molecule has 2 nitrogen and oxygen atoms in total. The fourth-order valence-corrected chi connectivity index (χ4v) is 3.97. The maximum atomic E-state index is 5.51. The average molecular weight is 279 g/mol. The quantitative estimate of drug-likeness (QED) is 0.820. The zero-order chi connectivity index (χ0) is 14.4. The summed E-state index contributed by atoms with van der Waals surface area (Å²) < 4.78 is 5.51. The number of fused-ring (bicyclic) bond motifs is 3. The molecule has 21 heavy (non-hydrogen) atoms. The van der Waals surface area contributed by atoms with E-state index in [0.717, 1.165) is 11.8 Å². The molecule has 2 aliphatic heterocycles. The molecule has 108 valence electrons. The van der Waals surface area contributed by atoms with Gasteiger partial charge in [-0.1, -0.05) is 36.4 Å². The first kappa shape index (κ1) is 12.9. The van der Waals surface area contributed by atoms with E-state index < -0.39 is 0 Å². The highest BCUT2D eigenvalue weighted by Crippen LogP contribution is 2.40. The van der Waals surface area contributed by atoms with Crippen molar-refractivity contribution < 1.29 is 4.74 Å². The van der Waals surface area contributed by atoms with E-state index in [0.29, 0.717) is 6.04 Å². The highest BCUT2D eigenvalue weighted by atomic mass is 16.5. The number of benzene rings is 2. The lowest BCUT2D eigenvalue weighted by Gasteiger charge is -2.31. The van der Waals surface area contributed by atoms with Gasteiger partial charge in [-0.05, 0) is 48.9 Å². The first-order valence-electron chi connectivity index (χ1n) is 7.76. The van der Waals surface area contributed by atoms with E-state index >= 15 is 0 Å². The van der Waals surface area contributed by atoms with Crippen molar-refractivity contribution in [3.63, 3.8) is 0 Å². The van der Waals surface area contributed by atoms with E-state index in [1.807, 2.05) is 0 Å². The van der Waals surface area contributed by atoms with Gasteiger partial charge in [0.1, 0.15) is 5.75 Å². The van der Waals surface area contributed by atoms with Gasteiger partial charge >= 0.3 is 0 Å². The van der Waals surface area contributed by atoms with Gasteiger partial charge in [0.2, 0.25) is 0 Å². The zero-order valence-electron chi connectivity index (χ0n) is 12.7. The number of nitrogens with zero attached hydrogens (tertiary/aromatic N) is 1. The predicted molar refractivity (Wildman–Crippen MR) is 87.7 cm³/mol. The molecule has 4 rings (SSSR count). The molecule has 0 amide bonds. The molecule has 0 saturated carbocycles. The molecule has 0 aromatic heterocycles. The Labute approximate surface area is 126 Å². The van der Waals surface area contributed by atoms with Crippen LogP contribution in [0.4, 0.5) is 0 Å². The number of rotatable bonds is 2. The number of likely N-dealkylation sites (N-methyl/N-ethyl adjacent to an activating group) is 1. The van der Waals surface area contributed by atoms with Gasteiger partial charge in [0, 0.05) is 17.5 Å². The summed E-state index contributed by atoms with van der Waals surface area (Å²) in [5, 5.41) is 2.52. The van der Waals surface area contributed by atoms with E-state index in [9.17, 15) is 0 Å². The third-order valence-corrected chi connectivity index (χ3v) is 5.19. The summed E-state index contributed by atoms with van der Waals surface area (Å²) in [5.74, 6) is 0.964. The molecular weight excluding hydrogens is 258 g/mol. The summed E-state index contributed by atoms with van der Waals surface area (Å²) in [6, 6.07) is 14.3. The fraction of sp³-hybridized carbons (Fsp3) is 0.368. The fourth-order valence-electron chi connectivity index (χ4n) is 3.97. The minimum absolute atomic E-state index is 0.625. The Morgan fingerprint density at radius 2 is 1.86 bits per heavy atom. The van der Waals surface area contributed by atoms with Crippen LogP contribution in [-0.2, 0) is 0 Å². The van der Waals surface area contributed by atoms with Gasteiger partial charge in [-0.2, -0.15) is 0 Å². The molecule has 2 aromatic carbocycles. The number of hydrogen-bond donors (Lipinski definition) is 0. The van der Waals surface area contributed by atoms with Crippen LogP contribution in [0.3, 0.4) is 0 Å². The van der Waals surface area contributed by atoms with Gasteiger partial charge in [-0.3, -0.25) is 4.90 Å². The summed E-state index contributed by atoms with van der Waals surface area (Å²) in [4.78, 5) is 2.54. The second kappa shape index (κ2) is 4.88. The molecule has 2 unspecified atom stereocenters. The van der Waals surface area contributed by atoms with Gasteiger partial charge in [0.25, 0.3) is 0 Å². The Balaban J connectivity index is 1.87. The molecule has 2 heteroatoms. The Bertz CT molecular complexity index is 719. The van der Waals surface area contributed by atoms with Crippen LogP contribution in [0, 0.1) is 0 Å². The largest absolute Gasteiger partial charge is 0.496 e. The highest BCUT2D eigenvalue weighted by molar-refractivity contribution is 5.97. The summed E-state index contributed by atoms with van der Waals surface area (Å²) >= 11 is 0. The molecule has 0 N–H and O–H groups in total. The lowest BCUT2D eigenvalue weighted by atomic mass is 9.91. The Morgan fingerprint density at radius 1 is 1.05 bits per heavy atom. The van der Waals surface area contributed by atoms with Gasteiger partial charge in [-0.25, -0.2) is 0 Å². The normalized spacial score (nSPS) is 25.1. The lowest BCUT2D eigenvalue weighted by molar-refractivity contribution is 0.264. The molecule has 0 radical (unpaired) electrons. The van der Waals surface area contributed by atoms with Crippen LogP contribution in [-0.4, -0.2) is 31.1 Å². The van der Waals surface area contributed by atoms with Crippen LogP contribution in [0.15, 0.2) is 42.5 Å². The highest BCUT2D eigenvalue weighted by Gasteiger charge is 2.34. The second-order valence-corrected chi connectivity index (χ2v) is 6.22. The second-order valence-electron chi connectivity index (χ2n) is 6.22. The Morgan fingerprint density at radius 3 is 2.62 bits per heavy atom.